The molecular weight excluding hydrogens is 398 g/mol. The van der Waals surface area contributed by atoms with E-state index in [9.17, 15) is 9.59 Å². The minimum atomic E-state index is -0.0218. The Labute approximate surface area is 182 Å². The van der Waals surface area contributed by atoms with Crippen molar-refractivity contribution in [2.45, 2.75) is 53.2 Å². The van der Waals surface area contributed by atoms with Gasteiger partial charge >= 0.3 is 0 Å². The average Bonchev–Trinajstić information content (AvgIpc) is 3.17. The molecule has 1 aliphatic heterocycles. The van der Waals surface area contributed by atoms with Crippen molar-refractivity contribution in [2.24, 2.45) is 11.8 Å². The molecule has 2 aromatic rings. The van der Waals surface area contributed by atoms with Gasteiger partial charge in [0.25, 0.3) is 5.91 Å². The average molecular weight is 430 g/mol. The number of benzene rings is 1. The van der Waals surface area contributed by atoms with Gasteiger partial charge in [-0.3, -0.25) is 9.59 Å². The predicted molar refractivity (Wildman–Crippen MR) is 119 cm³/mol. The Bertz CT molecular complexity index is 872. The minimum Gasteiger partial charge on any atom is -0.487 e. The first-order valence-electron chi connectivity index (χ1n) is 10.6. The Morgan fingerprint density at radius 3 is 2.63 bits per heavy atom. The Balaban J connectivity index is 1.53. The van der Waals surface area contributed by atoms with E-state index >= 15 is 0 Å². The van der Waals surface area contributed by atoms with Gasteiger partial charge in [-0.25, -0.2) is 4.98 Å². The minimum absolute atomic E-state index is 0.0145. The molecular formula is C23H31N3O3S. The number of nitrogens with one attached hydrogen (secondary N) is 1. The van der Waals surface area contributed by atoms with E-state index in [0.29, 0.717) is 49.8 Å². The van der Waals surface area contributed by atoms with Crippen molar-refractivity contribution < 1.29 is 14.3 Å². The van der Waals surface area contributed by atoms with Gasteiger partial charge in [-0.1, -0.05) is 19.9 Å². The van der Waals surface area contributed by atoms with Crippen molar-refractivity contribution in [1.82, 2.24) is 15.2 Å². The van der Waals surface area contributed by atoms with E-state index in [0.717, 1.165) is 10.7 Å². The highest BCUT2D eigenvalue weighted by atomic mass is 32.1. The fourth-order valence-electron chi connectivity index (χ4n) is 3.39. The molecule has 0 unspecified atom stereocenters. The zero-order valence-electron chi connectivity index (χ0n) is 18.2. The van der Waals surface area contributed by atoms with Crippen molar-refractivity contribution in [3.05, 3.63) is 45.9 Å². The van der Waals surface area contributed by atoms with Crippen LogP contribution in [-0.4, -0.2) is 40.8 Å². The van der Waals surface area contributed by atoms with Crippen molar-refractivity contribution in [1.29, 1.82) is 0 Å². The SMILES string of the molecule is Cc1nc(COc2cccc(C(=O)N3CCC(C(=O)N[C@H](C)C(C)C)CC3)c2)cs1. The van der Waals surface area contributed by atoms with Crippen molar-refractivity contribution in [3.8, 4) is 5.75 Å². The molecule has 2 heterocycles. The van der Waals surface area contributed by atoms with Crippen LogP contribution in [0.25, 0.3) is 0 Å². The predicted octanol–water partition coefficient (Wildman–Crippen LogP) is 4.04. The van der Waals surface area contributed by atoms with Gasteiger partial charge in [0.15, 0.2) is 0 Å². The molecule has 30 heavy (non-hydrogen) atoms. The third kappa shape index (κ3) is 5.81. The van der Waals surface area contributed by atoms with Gasteiger partial charge in [0, 0.05) is 36.0 Å². The van der Waals surface area contributed by atoms with Gasteiger partial charge in [-0.05, 0) is 50.8 Å². The van der Waals surface area contributed by atoms with Crippen LogP contribution in [0.5, 0.6) is 5.75 Å². The monoisotopic (exact) mass is 429 g/mol. The fourth-order valence-corrected chi connectivity index (χ4v) is 3.98. The van der Waals surface area contributed by atoms with Crippen LogP contribution >= 0.6 is 11.3 Å². The maximum absolute atomic E-state index is 12.9. The summed E-state index contributed by atoms with van der Waals surface area (Å²) in [5.41, 5.74) is 1.50. The van der Waals surface area contributed by atoms with E-state index in [-0.39, 0.29) is 23.8 Å². The van der Waals surface area contributed by atoms with Crippen LogP contribution in [0.3, 0.4) is 0 Å². The molecule has 2 amide bonds. The molecule has 0 radical (unpaired) electrons. The number of likely N-dealkylation sites (tertiary alicyclic amines) is 1. The normalized spacial score (nSPS) is 15.8. The second kappa shape index (κ2) is 10.1. The molecule has 162 valence electrons. The van der Waals surface area contributed by atoms with E-state index < -0.39 is 0 Å². The Morgan fingerprint density at radius 1 is 1.27 bits per heavy atom. The first kappa shape index (κ1) is 22.3. The molecule has 0 aliphatic carbocycles. The third-order valence-corrected chi connectivity index (χ3v) is 6.48. The lowest BCUT2D eigenvalue weighted by Gasteiger charge is -2.32. The molecule has 1 aromatic heterocycles. The number of rotatable bonds is 7. The van der Waals surface area contributed by atoms with E-state index in [1.165, 1.54) is 0 Å². The van der Waals surface area contributed by atoms with Crippen molar-refractivity contribution in [3.63, 3.8) is 0 Å². The number of hydrogen-bond donors (Lipinski definition) is 1. The standard InChI is InChI=1S/C23H31N3O3S/c1-15(2)16(3)24-22(27)18-8-10-26(11-9-18)23(28)19-6-5-7-21(12-19)29-13-20-14-30-17(4)25-20/h5-7,12,14-16,18H,8-11,13H2,1-4H3,(H,24,27)/t16-/m1/s1. The number of ether oxygens (including phenoxy) is 1. The van der Waals surface area contributed by atoms with Crippen LogP contribution in [0.15, 0.2) is 29.6 Å². The van der Waals surface area contributed by atoms with Crippen molar-refractivity contribution in [2.75, 3.05) is 13.1 Å². The molecule has 0 saturated carbocycles. The molecule has 6 nitrogen and oxygen atoms in total. The lowest BCUT2D eigenvalue weighted by Crippen LogP contribution is -2.45. The topological polar surface area (TPSA) is 71.5 Å². The Kier molecular flexibility index (Phi) is 7.48. The zero-order valence-corrected chi connectivity index (χ0v) is 19.0. The third-order valence-electron chi connectivity index (χ3n) is 5.66. The second-order valence-corrected chi connectivity index (χ2v) is 9.34. The zero-order chi connectivity index (χ0) is 21.7. The van der Waals surface area contributed by atoms with Gasteiger partial charge in [-0.2, -0.15) is 0 Å². The van der Waals surface area contributed by atoms with Gasteiger partial charge in [-0.15, -0.1) is 11.3 Å². The lowest BCUT2D eigenvalue weighted by molar-refractivity contribution is -0.127. The van der Waals surface area contributed by atoms with Crippen molar-refractivity contribution >= 4 is 23.2 Å². The largest absolute Gasteiger partial charge is 0.487 e. The summed E-state index contributed by atoms with van der Waals surface area (Å²) >= 11 is 1.59. The Hall–Kier alpha value is -2.41. The molecule has 1 saturated heterocycles. The highest BCUT2D eigenvalue weighted by Crippen LogP contribution is 2.22. The molecule has 1 fully saturated rings. The first-order chi connectivity index (χ1) is 14.3. The highest BCUT2D eigenvalue weighted by molar-refractivity contribution is 7.09. The molecule has 0 bridgehead atoms. The maximum Gasteiger partial charge on any atom is 0.253 e. The molecule has 1 N–H and O–H groups in total. The van der Waals surface area contributed by atoms with Gasteiger partial charge in [0.05, 0.1) is 10.7 Å². The fraction of sp³-hybridized carbons (Fsp3) is 0.522. The van der Waals surface area contributed by atoms with E-state index in [1.54, 1.807) is 17.4 Å². The van der Waals surface area contributed by atoms with Crippen LogP contribution in [0.4, 0.5) is 0 Å². The number of aromatic nitrogens is 1. The quantitative estimate of drug-likeness (QED) is 0.721. The summed E-state index contributed by atoms with van der Waals surface area (Å²) in [5.74, 6) is 1.13. The number of nitrogens with zero attached hydrogens (tertiary/aromatic N) is 2. The summed E-state index contributed by atoms with van der Waals surface area (Å²) in [6.45, 7) is 9.77. The molecule has 7 heteroatoms. The number of piperidine rings is 1. The number of hydrogen-bond acceptors (Lipinski definition) is 5. The van der Waals surface area contributed by atoms with E-state index in [1.807, 2.05) is 42.3 Å². The summed E-state index contributed by atoms with van der Waals surface area (Å²) < 4.78 is 5.81. The number of carbonyl (C=O) groups is 2. The number of carbonyl (C=O) groups excluding carboxylic acids is 2. The number of thiazole rings is 1. The summed E-state index contributed by atoms with van der Waals surface area (Å²) in [6, 6.07) is 7.44. The summed E-state index contributed by atoms with van der Waals surface area (Å²) in [7, 11) is 0. The smallest absolute Gasteiger partial charge is 0.253 e. The summed E-state index contributed by atoms with van der Waals surface area (Å²) in [6.07, 6.45) is 1.39. The number of amides is 2. The highest BCUT2D eigenvalue weighted by Gasteiger charge is 2.28. The molecule has 1 atom stereocenters. The molecule has 1 aliphatic rings. The van der Waals surface area contributed by atoms with E-state index in [4.69, 9.17) is 4.74 Å². The lowest BCUT2D eigenvalue weighted by atomic mass is 9.94. The van der Waals surface area contributed by atoms with Crippen LogP contribution in [-0.2, 0) is 11.4 Å². The molecule has 3 rings (SSSR count). The number of aryl methyl sites for hydroxylation is 1. The second-order valence-electron chi connectivity index (χ2n) is 8.28. The van der Waals surface area contributed by atoms with Crippen LogP contribution in [0.1, 0.15) is 54.7 Å². The van der Waals surface area contributed by atoms with Crippen LogP contribution in [0, 0.1) is 18.8 Å². The van der Waals surface area contributed by atoms with E-state index in [2.05, 4.69) is 24.1 Å². The first-order valence-corrected chi connectivity index (χ1v) is 11.4. The molecule has 0 spiro atoms. The summed E-state index contributed by atoms with van der Waals surface area (Å²) in [5, 5.41) is 6.08. The maximum atomic E-state index is 12.9. The van der Waals surface area contributed by atoms with Crippen LogP contribution in [0.2, 0.25) is 0 Å². The van der Waals surface area contributed by atoms with Gasteiger partial charge < -0.3 is 15.0 Å². The van der Waals surface area contributed by atoms with Crippen LogP contribution < -0.4 is 10.1 Å². The summed E-state index contributed by atoms with van der Waals surface area (Å²) in [4.78, 5) is 31.6. The van der Waals surface area contributed by atoms with Gasteiger partial charge in [0.1, 0.15) is 12.4 Å². The molecule has 1 aromatic carbocycles. The Morgan fingerprint density at radius 2 is 2.00 bits per heavy atom. The van der Waals surface area contributed by atoms with Gasteiger partial charge in [0.2, 0.25) is 5.91 Å².